The highest BCUT2D eigenvalue weighted by atomic mass is 16.5. The van der Waals surface area contributed by atoms with Gasteiger partial charge in [0.15, 0.2) is 5.84 Å². The number of nitrogens with two attached hydrogens (primary N) is 1. The van der Waals surface area contributed by atoms with E-state index in [1.165, 1.54) is 0 Å². The minimum Gasteiger partial charge on any atom is -0.409 e. The zero-order chi connectivity index (χ0) is 13.7. The molecule has 6 nitrogen and oxygen atoms in total. The normalized spacial score (nSPS) is 19.4. The maximum Gasteiger partial charge on any atom is 0.249 e. The Labute approximate surface area is 111 Å². The standard InChI is InChI=1S/C13H17N3O3/c14-12(16-18)10-5-3-9(4-6-10)8-15-13(17)11-2-1-7-19-11/h3-6,11,18H,1-2,7-8H2,(H2,14,16)(H,15,17). The molecule has 1 fully saturated rings. The largest absolute Gasteiger partial charge is 0.409 e. The lowest BCUT2D eigenvalue weighted by atomic mass is 10.1. The number of benzene rings is 1. The highest BCUT2D eigenvalue weighted by Gasteiger charge is 2.22. The van der Waals surface area contributed by atoms with Crippen LogP contribution in [0.5, 0.6) is 0 Å². The van der Waals surface area contributed by atoms with Gasteiger partial charge >= 0.3 is 0 Å². The lowest BCUT2D eigenvalue weighted by Crippen LogP contribution is -2.33. The van der Waals surface area contributed by atoms with Crippen molar-refractivity contribution in [1.29, 1.82) is 0 Å². The van der Waals surface area contributed by atoms with E-state index in [-0.39, 0.29) is 17.8 Å². The van der Waals surface area contributed by atoms with Gasteiger partial charge in [0, 0.05) is 18.7 Å². The first-order valence-electron chi connectivity index (χ1n) is 6.17. The van der Waals surface area contributed by atoms with Gasteiger partial charge in [-0.25, -0.2) is 0 Å². The number of oxime groups is 1. The summed E-state index contributed by atoms with van der Waals surface area (Å²) in [5, 5.41) is 14.3. The molecule has 6 heteroatoms. The summed E-state index contributed by atoms with van der Waals surface area (Å²) in [4.78, 5) is 11.7. The Morgan fingerprint density at radius 1 is 1.47 bits per heavy atom. The van der Waals surface area contributed by atoms with Crippen molar-refractivity contribution in [2.75, 3.05) is 6.61 Å². The number of rotatable bonds is 4. The number of nitrogens with zero attached hydrogens (tertiary/aromatic N) is 1. The Bertz CT molecular complexity index is 465. The second kappa shape index (κ2) is 6.19. The number of nitrogens with one attached hydrogen (secondary N) is 1. The Morgan fingerprint density at radius 2 is 2.21 bits per heavy atom. The minimum absolute atomic E-state index is 0.0648. The number of amidine groups is 1. The average Bonchev–Trinajstić information content (AvgIpc) is 2.98. The van der Waals surface area contributed by atoms with Crippen molar-refractivity contribution in [3.63, 3.8) is 0 Å². The van der Waals surface area contributed by atoms with Gasteiger partial charge in [0.25, 0.3) is 0 Å². The van der Waals surface area contributed by atoms with Crippen LogP contribution < -0.4 is 11.1 Å². The molecule has 102 valence electrons. The fourth-order valence-corrected chi connectivity index (χ4v) is 1.94. The SMILES string of the molecule is NC(=NO)c1ccc(CNC(=O)C2CCCO2)cc1. The molecule has 2 rings (SSSR count). The van der Waals surface area contributed by atoms with Crippen LogP contribution in [0.15, 0.2) is 29.4 Å². The van der Waals surface area contributed by atoms with Crippen molar-refractivity contribution in [2.45, 2.75) is 25.5 Å². The molecule has 0 radical (unpaired) electrons. The summed E-state index contributed by atoms with van der Waals surface area (Å²) in [6.07, 6.45) is 1.41. The minimum atomic E-state index is -0.309. The molecule has 1 saturated heterocycles. The third-order valence-electron chi connectivity index (χ3n) is 3.05. The topological polar surface area (TPSA) is 96.9 Å². The van der Waals surface area contributed by atoms with Crippen molar-refractivity contribution in [1.82, 2.24) is 5.32 Å². The lowest BCUT2D eigenvalue weighted by Gasteiger charge is -2.10. The first-order valence-corrected chi connectivity index (χ1v) is 6.17. The number of carbonyl (C=O) groups excluding carboxylic acids is 1. The number of amides is 1. The van der Waals surface area contributed by atoms with Crippen molar-refractivity contribution in [3.05, 3.63) is 35.4 Å². The molecule has 0 saturated carbocycles. The van der Waals surface area contributed by atoms with Gasteiger partial charge in [0.2, 0.25) is 5.91 Å². The molecule has 1 aliphatic heterocycles. The van der Waals surface area contributed by atoms with Crippen LogP contribution in [0.2, 0.25) is 0 Å². The maximum absolute atomic E-state index is 11.7. The van der Waals surface area contributed by atoms with E-state index in [0.29, 0.717) is 18.7 Å². The van der Waals surface area contributed by atoms with Crippen LogP contribution in [0, 0.1) is 0 Å². The van der Waals surface area contributed by atoms with Crippen molar-refractivity contribution >= 4 is 11.7 Å². The van der Waals surface area contributed by atoms with Crippen molar-refractivity contribution in [2.24, 2.45) is 10.9 Å². The third-order valence-corrected chi connectivity index (χ3v) is 3.05. The lowest BCUT2D eigenvalue weighted by molar-refractivity contribution is -0.130. The molecular weight excluding hydrogens is 246 g/mol. The summed E-state index contributed by atoms with van der Waals surface area (Å²) in [5.74, 6) is -0.00653. The summed E-state index contributed by atoms with van der Waals surface area (Å²) < 4.78 is 5.30. The summed E-state index contributed by atoms with van der Waals surface area (Å²) in [6, 6.07) is 7.12. The van der Waals surface area contributed by atoms with Gasteiger partial charge < -0.3 is 21.0 Å². The molecule has 1 aromatic rings. The molecule has 0 aliphatic carbocycles. The number of hydrogen-bond donors (Lipinski definition) is 3. The fraction of sp³-hybridized carbons (Fsp3) is 0.385. The monoisotopic (exact) mass is 263 g/mol. The highest BCUT2D eigenvalue weighted by Crippen LogP contribution is 2.12. The van der Waals surface area contributed by atoms with Gasteiger partial charge in [-0.3, -0.25) is 4.79 Å². The van der Waals surface area contributed by atoms with Crippen LogP contribution in [-0.4, -0.2) is 29.7 Å². The first kappa shape index (κ1) is 13.4. The van der Waals surface area contributed by atoms with Crippen LogP contribution in [0.4, 0.5) is 0 Å². The van der Waals surface area contributed by atoms with E-state index in [1.54, 1.807) is 12.1 Å². The van der Waals surface area contributed by atoms with Crippen LogP contribution in [0.1, 0.15) is 24.0 Å². The summed E-state index contributed by atoms with van der Waals surface area (Å²) in [5.41, 5.74) is 7.04. The predicted octanol–water partition coefficient (Wildman–Crippen LogP) is 0.576. The second-order valence-corrected chi connectivity index (χ2v) is 4.40. The first-order chi connectivity index (χ1) is 9.20. The average molecular weight is 263 g/mol. The van der Waals surface area contributed by atoms with E-state index < -0.39 is 0 Å². The molecule has 19 heavy (non-hydrogen) atoms. The zero-order valence-electron chi connectivity index (χ0n) is 10.5. The summed E-state index contributed by atoms with van der Waals surface area (Å²) in [6.45, 7) is 1.10. The molecule has 1 unspecified atom stereocenters. The Balaban J connectivity index is 1.87. The van der Waals surface area contributed by atoms with E-state index >= 15 is 0 Å². The van der Waals surface area contributed by atoms with Gasteiger partial charge in [0.1, 0.15) is 6.10 Å². The number of hydrogen-bond acceptors (Lipinski definition) is 4. The number of ether oxygens (including phenoxy) is 1. The number of carbonyl (C=O) groups is 1. The predicted molar refractivity (Wildman–Crippen MR) is 69.8 cm³/mol. The molecule has 1 aromatic carbocycles. The van der Waals surface area contributed by atoms with Crippen LogP contribution in [0.3, 0.4) is 0 Å². The maximum atomic E-state index is 11.7. The van der Waals surface area contributed by atoms with E-state index in [2.05, 4.69) is 10.5 Å². The van der Waals surface area contributed by atoms with E-state index in [0.717, 1.165) is 18.4 Å². The quantitative estimate of drug-likeness (QED) is 0.320. The van der Waals surface area contributed by atoms with Gasteiger partial charge in [-0.1, -0.05) is 29.4 Å². The molecular formula is C13H17N3O3. The van der Waals surface area contributed by atoms with E-state index in [9.17, 15) is 4.79 Å². The molecule has 0 bridgehead atoms. The second-order valence-electron chi connectivity index (χ2n) is 4.40. The van der Waals surface area contributed by atoms with Crippen LogP contribution in [-0.2, 0) is 16.1 Å². The zero-order valence-corrected chi connectivity index (χ0v) is 10.5. The molecule has 1 atom stereocenters. The summed E-state index contributed by atoms with van der Waals surface area (Å²) >= 11 is 0. The van der Waals surface area contributed by atoms with Crippen molar-refractivity contribution < 1.29 is 14.7 Å². The van der Waals surface area contributed by atoms with Gasteiger partial charge in [-0.05, 0) is 18.4 Å². The van der Waals surface area contributed by atoms with Gasteiger partial charge in [0.05, 0.1) is 0 Å². The van der Waals surface area contributed by atoms with Gasteiger partial charge in [-0.15, -0.1) is 0 Å². The molecule has 1 aliphatic rings. The van der Waals surface area contributed by atoms with Crippen LogP contribution in [0.25, 0.3) is 0 Å². The third kappa shape index (κ3) is 3.45. The Hall–Kier alpha value is -2.08. The Kier molecular flexibility index (Phi) is 4.35. The molecule has 0 aromatic heterocycles. The highest BCUT2D eigenvalue weighted by molar-refractivity contribution is 5.96. The molecule has 1 heterocycles. The molecule has 0 spiro atoms. The Morgan fingerprint density at radius 3 is 2.79 bits per heavy atom. The summed E-state index contributed by atoms with van der Waals surface area (Å²) in [7, 11) is 0. The smallest absolute Gasteiger partial charge is 0.249 e. The van der Waals surface area contributed by atoms with Crippen molar-refractivity contribution in [3.8, 4) is 0 Å². The van der Waals surface area contributed by atoms with E-state index in [1.807, 2.05) is 12.1 Å². The van der Waals surface area contributed by atoms with Crippen LogP contribution >= 0.6 is 0 Å². The van der Waals surface area contributed by atoms with E-state index in [4.69, 9.17) is 15.7 Å². The molecule has 1 amide bonds. The van der Waals surface area contributed by atoms with Gasteiger partial charge in [-0.2, -0.15) is 0 Å². The molecule has 4 N–H and O–H groups in total. The fourth-order valence-electron chi connectivity index (χ4n) is 1.94.